The SMILES string of the molecule is CCNC(=NCc1ccccc1OCC1CC1)N1CCC(O)CC1.I. The van der Waals surface area contributed by atoms with Crippen LogP contribution in [-0.4, -0.2) is 48.3 Å². The maximum absolute atomic E-state index is 9.69. The fraction of sp³-hybridized carbons (Fsp3) is 0.632. The summed E-state index contributed by atoms with van der Waals surface area (Å²) in [5, 5.41) is 13.1. The fourth-order valence-electron chi connectivity index (χ4n) is 2.93. The van der Waals surface area contributed by atoms with Crippen LogP contribution in [0.25, 0.3) is 0 Å². The second kappa shape index (κ2) is 10.2. The summed E-state index contributed by atoms with van der Waals surface area (Å²) < 4.78 is 5.98. The number of aliphatic hydroxyl groups excluding tert-OH is 1. The van der Waals surface area contributed by atoms with Gasteiger partial charge >= 0.3 is 0 Å². The van der Waals surface area contributed by atoms with Gasteiger partial charge in [0, 0.05) is 25.2 Å². The largest absolute Gasteiger partial charge is 0.493 e. The van der Waals surface area contributed by atoms with Crippen LogP contribution in [0.3, 0.4) is 0 Å². The van der Waals surface area contributed by atoms with Gasteiger partial charge in [0.25, 0.3) is 0 Å². The zero-order valence-electron chi connectivity index (χ0n) is 15.0. The number of ether oxygens (including phenoxy) is 1. The minimum absolute atomic E-state index is 0. The summed E-state index contributed by atoms with van der Waals surface area (Å²) in [6.07, 6.45) is 4.05. The first-order chi connectivity index (χ1) is 11.8. The number of hydrogen-bond acceptors (Lipinski definition) is 3. The third-order valence-corrected chi connectivity index (χ3v) is 4.64. The highest BCUT2D eigenvalue weighted by Gasteiger charge is 2.22. The van der Waals surface area contributed by atoms with Gasteiger partial charge in [-0.15, -0.1) is 24.0 Å². The standard InChI is InChI=1S/C19H29N3O2.HI/c1-2-20-19(22-11-9-17(23)10-12-22)21-13-16-5-3-4-6-18(16)24-14-15-7-8-15;/h3-6,15,17,23H,2,7-14H2,1H3,(H,20,21);1H. The third-order valence-electron chi connectivity index (χ3n) is 4.64. The minimum atomic E-state index is -0.166. The van der Waals surface area contributed by atoms with E-state index in [4.69, 9.17) is 9.73 Å². The highest BCUT2D eigenvalue weighted by molar-refractivity contribution is 14.0. The van der Waals surface area contributed by atoms with Gasteiger partial charge < -0.3 is 20.1 Å². The summed E-state index contributed by atoms with van der Waals surface area (Å²) in [5.74, 6) is 2.64. The molecule has 0 amide bonds. The van der Waals surface area contributed by atoms with Gasteiger partial charge in [-0.3, -0.25) is 0 Å². The first kappa shape index (κ1) is 20.3. The van der Waals surface area contributed by atoms with Crippen molar-refractivity contribution in [2.45, 2.75) is 45.3 Å². The number of nitrogens with zero attached hydrogens (tertiary/aromatic N) is 2. The molecule has 1 aromatic rings. The van der Waals surface area contributed by atoms with E-state index in [1.165, 1.54) is 12.8 Å². The quantitative estimate of drug-likeness (QED) is 0.390. The first-order valence-corrected chi connectivity index (χ1v) is 9.18. The van der Waals surface area contributed by atoms with E-state index in [0.717, 1.165) is 62.3 Å². The Balaban J connectivity index is 0.00000225. The summed E-state index contributed by atoms with van der Waals surface area (Å²) in [6, 6.07) is 8.19. The number of nitrogens with one attached hydrogen (secondary N) is 1. The van der Waals surface area contributed by atoms with Crippen molar-refractivity contribution in [3.05, 3.63) is 29.8 Å². The third kappa shape index (κ3) is 6.33. The second-order valence-corrected chi connectivity index (χ2v) is 6.75. The molecule has 0 bridgehead atoms. The highest BCUT2D eigenvalue weighted by Crippen LogP contribution is 2.30. The van der Waals surface area contributed by atoms with Crippen LogP contribution in [-0.2, 0) is 6.54 Å². The molecule has 1 saturated carbocycles. The number of likely N-dealkylation sites (tertiary alicyclic amines) is 1. The number of aliphatic hydroxyl groups is 1. The number of halogens is 1. The minimum Gasteiger partial charge on any atom is -0.493 e. The molecule has 1 aliphatic heterocycles. The van der Waals surface area contributed by atoms with Gasteiger partial charge in [0.2, 0.25) is 0 Å². The van der Waals surface area contributed by atoms with E-state index in [0.29, 0.717) is 6.54 Å². The van der Waals surface area contributed by atoms with E-state index < -0.39 is 0 Å². The van der Waals surface area contributed by atoms with Crippen LogP contribution in [0, 0.1) is 5.92 Å². The van der Waals surface area contributed by atoms with Crippen LogP contribution >= 0.6 is 24.0 Å². The van der Waals surface area contributed by atoms with Gasteiger partial charge in [0.05, 0.1) is 19.3 Å². The predicted octanol–water partition coefficient (Wildman–Crippen LogP) is 3.02. The average Bonchev–Trinajstić information content (AvgIpc) is 3.43. The lowest BCUT2D eigenvalue weighted by molar-refractivity contribution is 0.108. The zero-order valence-corrected chi connectivity index (χ0v) is 17.3. The molecule has 25 heavy (non-hydrogen) atoms. The van der Waals surface area contributed by atoms with Crippen LogP contribution in [0.4, 0.5) is 0 Å². The molecule has 0 aromatic heterocycles. The molecule has 0 unspecified atom stereocenters. The molecule has 6 heteroatoms. The summed E-state index contributed by atoms with van der Waals surface area (Å²) in [4.78, 5) is 7.05. The Kier molecular flexibility index (Phi) is 8.29. The number of hydrogen-bond donors (Lipinski definition) is 2. The zero-order chi connectivity index (χ0) is 16.8. The van der Waals surface area contributed by atoms with Crippen molar-refractivity contribution in [1.82, 2.24) is 10.2 Å². The number of aliphatic imine (C=N–C) groups is 1. The van der Waals surface area contributed by atoms with Crippen molar-refractivity contribution < 1.29 is 9.84 Å². The van der Waals surface area contributed by atoms with Crippen molar-refractivity contribution >= 4 is 29.9 Å². The van der Waals surface area contributed by atoms with Crippen LogP contribution in [0.1, 0.15) is 38.2 Å². The predicted molar refractivity (Wildman–Crippen MR) is 112 cm³/mol. The van der Waals surface area contributed by atoms with Gasteiger partial charge in [-0.05, 0) is 44.6 Å². The van der Waals surface area contributed by atoms with Gasteiger partial charge in [0.15, 0.2) is 5.96 Å². The van der Waals surface area contributed by atoms with E-state index in [9.17, 15) is 5.11 Å². The number of rotatable bonds is 6. The lowest BCUT2D eigenvalue weighted by Crippen LogP contribution is -2.46. The summed E-state index contributed by atoms with van der Waals surface area (Å²) >= 11 is 0. The molecule has 1 aliphatic carbocycles. The van der Waals surface area contributed by atoms with Crippen molar-refractivity contribution in [2.24, 2.45) is 10.9 Å². The number of benzene rings is 1. The Hall–Kier alpha value is -1.02. The number of piperidine rings is 1. The summed E-state index contributed by atoms with van der Waals surface area (Å²) in [7, 11) is 0. The number of guanidine groups is 1. The molecular weight excluding hydrogens is 429 g/mol. The molecule has 0 atom stereocenters. The lowest BCUT2D eigenvalue weighted by Gasteiger charge is -2.32. The Morgan fingerprint density at radius 1 is 1.24 bits per heavy atom. The smallest absolute Gasteiger partial charge is 0.194 e. The van der Waals surface area contributed by atoms with Crippen LogP contribution in [0.15, 0.2) is 29.3 Å². The molecule has 140 valence electrons. The molecule has 1 saturated heterocycles. The second-order valence-electron chi connectivity index (χ2n) is 6.75. The Bertz CT molecular complexity index is 555. The van der Waals surface area contributed by atoms with E-state index >= 15 is 0 Å². The van der Waals surface area contributed by atoms with Gasteiger partial charge in [-0.25, -0.2) is 4.99 Å². The molecule has 1 heterocycles. The van der Waals surface area contributed by atoms with E-state index in [1.54, 1.807) is 0 Å². The molecule has 0 radical (unpaired) electrons. The molecule has 5 nitrogen and oxygen atoms in total. The normalized spacial score (nSPS) is 18.6. The highest BCUT2D eigenvalue weighted by atomic mass is 127. The maximum Gasteiger partial charge on any atom is 0.194 e. The van der Waals surface area contributed by atoms with Crippen LogP contribution in [0.5, 0.6) is 5.75 Å². The van der Waals surface area contributed by atoms with E-state index in [-0.39, 0.29) is 30.1 Å². The molecule has 0 spiro atoms. The molecule has 3 rings (SSSR count). The maximum atomic E-state index is 9.69. The monoisotopic (exact) mass is 459 g/mol. The van der Waals surface area contributed by atoms with Gasteiger partial charge in [-0.2, -0.15) is 0 Å². The number of para-hydroxylation sites is 1. The molecular formula is C19H30IN3O2. The molecule has 2 N–H and O–H groups in total. The lowest BCUT2D eigenvalue weighted by atomic mass is 10.1. The Labute approximate surface area is 167 Å². The van der Waals surface area contributed by atoms with Gasteiger partial charge in [-0.1, -0.05) is 18.2 Å². The first-order valence-electron chi connectivity index (χ1n) is 9.18. The van der Waals surface area contributed by atoms with E-state index in [1.807, 2.05) is 18.2 Å². The fourth-order valence-corrected chi connectivity index (χ4v) is 2.93. The summed E-state index contributed by atoms with van der Waals surface area (Å²) in [5.41, 5.74) is 1.13. The molecule has 1 aromatic carbocycles. The van der Waals surface area contributed by atoms with Crippen molar-refractivity contribution in [2.75, 3.05) is 26.2 Å². The Morgan fingerprint density at radius 2 is 1.96 bits per heavy atom. The van der Waals surface area contributed by atoms with Crippen LogP contribution < -0.4 is 10.1 Å². The van der Waals surface area contributed by atoms with Crippen LogP contribution in [0.2, 0.25) is 0 Å². The van der Waals surface area contributed by atoms with Gasteiger partial charge in [0.1, 0.15) is 5.75 Å². The molecule has 2 aliphatic rings. The Morgan fingerprint density at radius 3 is 2.64 bits per heavy atom. The molecule has 2 fully saturated rings. The summed E-state index contributed by atoms with van der Waals surface area (Å²) in [6.45, 7) is 6.07. The topological polar surface area (TPSA) is 57.1 Å². The van der Waals surface area contributed by atoms with E-state index in [2.05, 4.69) is 23.2 Å². The average molecular weight is 459 g/mol. The van der Waals surface area contributed by atoms with Crippen molar-refractivity contribution in [3.63, 3.8) is 0 Å². The van der Waals surface area contributed by atoms with Crippen molar-refractivity contribution in [3.8, 4) is 5.75 Å². The van der Waals surface area contributed by atoms with Crippen molar-refractivity contribution in [1.29, 1.82) is 0 Å².